The Morgan fingerprint density at radius 2 is 1.75 bits per heavy atom. The van der Waals surface area contributed by atoms with Crippen molar-refractivity contribution in [1.82, 2.24) is 0 Å². The number of aryl methyl sites for hydroxylation is 1. The summed E-state index contributed by atoms with van der Waals surface area (Å²) in [6.45, 7) is 2.10. The third kappa shape index (κ3) is 2.24. The van der Waals surface area contributed by atoms with Gasteiger partial charge in [-0.1, -0.05) is 49.5 Å². The summed E-state index contributed by atoms with van der Waals surface area (Å²) >= 11 is 12.8. The van der Waals surface area contributed by atoms with E-state index in [4.69, 9.17) is 11.6 Å². The van der Waals surface area contributed by atoms with Crippen LogP contribution in [0.4, 0.5) is 0 Å². The van der Waals surface area contributed by atoms with Gasteiger partial charge in [0.05, 0.1) is 0 Å². The maximum atomic E-state index is 6.03. The molecular weight excluding hydrogens is 303 g/mol. The maximum absolute atomic E-state index is 6.03. The molecule has 0 atom stereocenters. The quantitative estimate of drug-likeness (QED) is 0.708. The lowest BCUT2D eigenvalue weighted by Crippen LogP contribution is -1.88. The van der Waals surface area contributed by atoms with E-state index in [9.17, 15) is 0 Å². The average molecular weight is 312 g/mol. The van der Waals surface area contributed by atoms with Gasteiger partial charge in [-0.15, -0.1) is 0 Å². The minimum Gasteiger partial charge on any atom is -0.0876 e. The van der Waals surface area contributed by atoms with Crippen LogP contribution in [-0.4, -0.2) is 0 Å². The largest absolute Gasteiger partial charge is 0.0876 e. The lowest BCUT2D eigenvalue weighted by atomic mass is 10.1. The monoisotopic (exact) mass is 310 g/mol. The van der Waals surface area contributed by atoms with Crippen LogP contribution in [0.3, 0.4) is 0 Å². The van der Waals surface area contributed by atoms with E-state index in [2.05, 4.69) is 44.8 Å². The fourth-order valence-electron chi connectivity index (χ4n) is 1.03. The van der Waals surface area contributed by atoms with E-state index in [1.165, 1.54) is 11.1 Å². The van der Waals surface area contributed by atoms with Crippen LogP contribution in [0.5, 0.6) is 0 Å². The summed E-state index contributed by atoms with van der Waals surface area (Å²) in [7, 11) is 0. The van der Waals surface area contributed by atoms with E-state index in [0.717, 1.165) is 21.2 Å². The van der Waals surface area contributed by atoms with Gasteiger partial charge < -0.3 is 0 Å². The second-order valence-electron chi connectivity index (χ2n) is 2.64. The van der Waals surface area contributed by atoms with Gasteiger partial charge in [0, 0.05) is 15.7 Å². The zero-order valence-electron chi connectivity index (χ0n) is 6.70. The minimum absolute atomic E-state index is 0.815. The van der Waals surface area contributed by atoms with Crippen molar-refractivity contribution >= 4 is 43.5 Å². The molecule has 0 N–H and O–H groups in total. The smallest absolute Gasteiger partial charge is 0.0449 e. The van der Waals surface area contributed by atoms with Crippen LogP contribution >= 0.6 is 43.5 Å². The molecule has 3 heteroatoms. The van der Waals surface area contributed by atoms with Crippen molar-refractivity contribution in [3.05, 3.63) is 33.8 Å². The lowest BCUT2D eigenvalue weighted by molar-refractivity contribution is 1.28. The van der Waals surface area contributed by atoms with E-state index < -0.39 is 0 Å². The predicted octanol–water partition coefficient (Wildman–Crippen LogP) is 4.44. The number of hydrogen-bond acceptors (Lipinski definition) is 0. The van der Waals surface area contributed by atoms with Crippen LogP contribution in [0.25, 0.3) is 0 Å². The summed E-state index contributed by atoms with van der Waals surface area (Å²) < 4.78 is 0. The maximum Gasteiger partial charge on any atom is 0.0449 e. The molecule has 0 aliphatic carbocycles. The fraction of sp³-hybridized carbons (Fsp3) is 0.333. The van der Waals surface area contributed by atoms with Crippen molar-refractivity contribution < 1.29 is 0 Å². The molecule has 0 fully saturated rings. The molecule has 0 unspecified atom stereocenters. The zero-order chi connectivity index (χ0) is 9.14. The Labute approximate surface area is 94.6 Å². The molecule has 0 saturated heterocycles. The molecule has 66 valence electrons. The Balaban J connectivity index is 3.16. The first-order chi connectivity index (χ1) is 5.69. The Morgan fingerprint density at radius 3 is 2.25 bits per heavy atom. The molecule has 0 aromatic heterocycles. The summed E-state index contributed by atoms with van der Waals surface area (Å²) in [5, 5.41) is 2.52. The molecular formula is C9H9Br2Cl. The van der Waals surface area contributed by atoms with Gasteiger partial charge in [-0.3, -0.25) is 0 Å². The molecule has 0 radical (unpaired) electrons. The highest BCUT2D eigenvalue weighted by atomic mass is 79.9. The fourth-order valence-corrected chi connectivity index (χ4v) is 2.51. The average Bonchev–Trinajstić information content (AvgIpc) is 2.08. The minimum atomic E-state index is 0.815. The van der Waals surface area contributed by atoms with Gasteiger partial charge in [0.25, 0.3) is 0 Å². The number of halogens is 3. The van der Waals surface area contributed by atoms with Crippen LogP contribution in [-0.2, 0) is 10.7 Å². The second-order valence-corrected chi connectivity index (χ2v) is 4.17. The van der Waals surface area contributed by atoms with Crippen molar-refractivity contribution in [2.24, 2.45) is 0 Å². The Kier molecular flexibility index (Phi) is 4.08. The van der Waals surface area contributed by atoms with Gasteiger partial charge in [-0.25, -0.2) is 0 Å². The first-order valence-electron chi connectivity index (χ1n) is 3.59. The van der Waals surface area contributed by atoms with Gasteiger partial charge in [0.1, 0.15) is 0 Å². The first-order valence-corrected chi connectivity index (χ1v) is 6.21. The molecule has 0 aliphatic heterocycles. The van der Waals surface area contributed by atoms with Crippen molar-refractivity contribution in [1.29, 1.82) is 0 Å². The van der Waals surface area contributed by atoms with Gasteiger partial charge >= 0.3 is 0 Å². The van der Waals surface area contributed by atoms with Crippen LogP contribution in [0.15, 0.2) is 12.1 Å². The zero-order valence-corrected chi connectivity index (χ0v) is 10.6. The van der Waals surface area contributed by atoms with Gasteiger partial charge in [-0.2, -0.15) is 0 Å². The first kappa shape index (κ1) is 10.6. The number of alkyl halides is 2. The summed E-state index contributed by atoms with van der Waals surface area (Å²) in [6.07, 6.45) is 0. The molecule has 0 saturated carbocycles. The Hall–Kier alpha value is 0.470. The van der Waals surface area contributed by atoms with E-state index in [1.807, 2.05) is 6.07 Å². The molecule has 1 aromatic rings. The molecule has 12 heavy (non-hydrogen) atoms. The van der Waals surface area contributed by atoms with Crippen LogP contribution in [0.1, 0.15) is 16.7 Å². The van der Waals surface area contributed by atoms with Gasteiger partial charge in [-0.05, 0) is 29.7 Å². The van der Waals surface area contributed by atoms with Crippen molar-refractivity contribution in [3.8, 4) is 0 Å². The molecule has 0 heterocycles. The summed E-state index contributed by atoms with van der Waals surface area (Å²) in [5.41, 5.74) is 3.69. The van der Waals surface area contributed by atoms with Crippen molar-refractivity contribution in [2.45, 2.75) is 17.6 Å². The third-order valence-corrected chi connectivity index (χ3v) is 3.35. The highest BCUT2D eigenvalue weighted by Gasteiger charge is 2.03. The lowest BCUT2D eigenvalue weighted by Gasteiger charge is -2.06. The third-order valence-electron chi connectivity index (χ3n) is 1.79. The molecule has 0 bridgehead atoms. The van der Waals surface area contributed by atoms with Crippen LogP contribution in [0, 0.1) is 6.92 Å². The number of rotatable bonds is 2. The summed E-state index contributed by atoms with van der Waals surface area (Å²) in [5.74, 6) is 0. The van der Waals surface area contributed by atoms with Crippen LogP contribution in [0.2, 0.25) is 5.02 Å². The molecule has 0 aliphatic rings. The van der Waals surface area contributed by atoms with Crippen molar-refractivity contribution in [2.75, 3.05) is 0 Å². The van der Waals surface area contributed by atoms with Gasteiger partial charge in [0.2, 0.25) is 0 Å². The molecule has 0 nitrogen and oxygen atoms in total. The highest BCUT2D eigenvalue weighted by Crippen LogP contribution is 2.24. The van der Waals surface area contributed by atoms with E-state index in [1.54, 1.807) is 0 Å². The van der Waals surface area contributed by atoms with Crippen molar-refractivity contribution in [3.63, 3.8) is 0 Å². The second kappa shape index (κ2) is 4.64. The summed E-state index contributed by atoms with van der Waals surface area (Å²) in [4.78, 5) is 0. The summed E-state index contributed by atoms with van der Waals surface area (Å²) in [6, 6.07) is 4.13. The topological polar surface area (TPSA) is 0 Å². The van der Waals surface area contributed by atoms with E-state index in [0.29, 0.717) is 0 Å². The molecule has 0 amide bonds. The normalized spacial score (nSPS) is 10.3. The van der Waals surface area contributed by atoms with Gasteiger partial charge in [0.15, 0.2) is 0 Å². The molecule has 1 aromatic carbocycles. The SMILES string of the molecule is Cc1cc(CBr)c(Cl)cc1CBr. The van der Waals surface area contributed by atoms with Crippen LogP contribution < -0.4 is 0 Å². The molecule has 0 spiro atoms. The van der Waals surface area contributed by atoms with E-state index in [-0.39, 0.29) is 0 Å². The van der Waals surface area contributed by atoms with E-state index >= 15 is 0 Å². The molecule has 1 rings (SSSR count). The standard InChI is InChI=1S/C9H9Br2Cl/c1-6-2-8(5-11)9(12)3-7(6)4-10/h2-3H,4-5H2,1H3. The number of hydrogen-bond donors (Lipinski definition) is 0. The Morgan fingerprint density at radius 1 is 1.17 bits per heavy atom. The number of benzene rings is 1. The predicted molar refractivity (Wildman–Crippen MR) is 61.5 cm³/mol. The highest BCUT2D eigenvalue weighted by molar-refractivity contribution is 9.08. The Bertz CT molecular complexity index is 254.